The first-order valence-corrected chi connectivity index (χ1v) is 5.74. The Balaban J connectivity index is 2.40. The molecule has 0 saturated heterocycles. The molecule has 0 radical (unpaired) electrons. The maximum Gasteiger partial charge on any atom is 0.337 e. The van der Waals surface area contributed by atoms with Crippen LogP contribution in [-0.4, -0.2) is 18.1 Å². The largest absolute Gasteiger partial charge is 0.465 e. The fourth-order valence-electron chi connectivity index (χ4n) is 1.84. The third kappa shape index (κ3) is 2.40. The molecule has 3 heteroatoms. The average molecular weight is 241 g/mol. The Morgan fingerprint density at radius 1 is 1.17 bits per heavy atom. The van der Waals surface area contributed by atoms with Crippen molar-refractivity contribution in [2.45, 2.75) is 13.8 Å². The zero-order valence-corrected chi connectivity index (χ0v) is 10.7. The van der Waals surface area contributed by atoms with Gasteiger partial charge in [0, 0.05) is 11.9 Å². The van der Waals surface area contributed by atoms with E-state index in [0.717, 1.165) is 22.4 Å². The number of methoxy groups -OCH3 is 1. The molecule has 0 fully saturated rings. The molecule has 0 spiro atoms. The van der Waals surface area contributed by atoms with Gasteiger partial charge >= 0.3 is 5.97 Å². The Labute approximate surface area is 106 Å². The number of aryl methyl sites for hydroxylation is 2. The van der Waals surface area contributed by atoms with Gasteiger partial charge in [0.15, 0.2) is 0 Å². The standard InChI is InChI=1S/C15H15NO2/c1-10-9-16-11(2)8-14(10)12-4-6-13(7-5-12)15(17)18-3/h4-9H,1-3H3. The number of ether oxygens (including phenoxy) is 1. The van der Waals surface area contributed by atoms with Crippen molar-refractivity contribution in [2.75, 3.05) is 7.11 Å². The molecule has 2 aromatic rings. The average Bonchev–Trinajstić information content (AvgIpc) is 2.41. The predicted octanol–water partition coefficient (Wildman–Crippen LogP) is 3.15. The molecule has 0 N–H and O–H groups in total. The van der Waals surface area contributed by atoms with Gasteiger partial charge in [-0.25, -0.2) is 4.79 Å². The third-order valence-corrected chi connectivity index (χ3v) is 2.86. The molecule has 2 rings (SSSR count). The summed E-state index contributed by atoms with van der Waals surface area (Å²) in [6.45, 7) is 3.99. The maximum atomic E-state index is 11.4. The molecule has 92 valence electrons. The van der Waals surface area contributed by atoms with Crippen LogP contribution in [0.3, 0.4) is 0 Å². The van der Waals surface area contributed by atoms with Crippen molar-refractivity contribution < 1.29 is 9.53 Å². The van der Waals surface area contributed by atoms with Gasteiger partial charge in [0.1, 0.15) is 0 Å². The summed E-state index contributed by atoms with van der Waals surface area (Å²) in [5.74, 6) is -0.316. The lowest BCUT2D eigenvalue weighted by Gasteiger charge is -2.07. The number of esters is 1. The number of nitrogens with zero attached hydrogens (tertiary/aromatic N) is 1. The molecule has 0 aliphatic rings. The summed E-state index contributed by atoms with van der Waals surface area (Å²) in [7, 11) is 1.38. The molecule has 18 heavy (non-hydrogen) atoms. The summed E-state index contributed by atoms with van der Waals surface area (Å²) in [5, 5.41) is 0. The Morgan fingerprint density at radius 2 is 1.83 bits per heavy atom. The monoisotopic (exact) mass is 241 g/mol. The smallest absolute Gasteiger partial charge is 0.337 e. The van der Waals surface area contributed by atoms with Crippen molar-refractivity contribution in [3.8, 4) is 11.1 Å². The lowest BCUT2D eigenvalue weighted by atomic mass is 10.0. The number of aromatic nitrogens is 1. The summed E-state index contributed by atoms with van der Waals surface area (Å²) in [5.41, 5.74) is 4.87. The Morgan fingerprint density at radius 3 is 2.44 bits per heavy atom. The molecule has 3 nitrogen and oxygen atoms in total. The number of carbonyl (C=O) groups excluding carboxylic acids is 1. The summed E-state index contributed by atoms with van der Waals surface area (Å²) >= 11 is 0. The van der Waals surface area contributed by atoms with Gasteiger partial charge in [-0.3, -0.25) is 4.98 Å². The topological polar surface area (TPSA) is 39.2 Å². The van der Waals surface area contributed by atoms with E-state index < -0.39 is 0 Å². The van der Waals surface area contributed by atoms with Gasteiger partial charge in [0.05, 0.1) is 12.7 Å². The van der Waals surface area contributed by atoms with E-state index >= 15 is 0 Å². The molecule has 0 amide bonds. The molecule has 0 bridgehead atoms. The van der Waals surface area contributed by atoms with Crippen LogP contribution in [-0.2, 0) is 4.74 Å². The normalized spacial score (nSPS) is 10.2. The van der Waals surface area contributed by atoms with Crippen LogP contribution in [0, 0.1) is 13.8 Å². The Kier molecular flexibility index (Phi) is 3.42. The number of pyridine rings is 1. The fourth-order valence-corrected chi connectivity index (χ4v) is 1.84. The highest BCUT2D eigenvalue weighted by atomic mass is 16.5. The lowest BCUT2D eigenvalue weighted by Crippen LogP contribution is -2.00. The van der Waals surface area contributed by atoms with Crippen LogP contribution < -0.4 is 0 Å². The summed E-state index contributed by atoms with van der Waals surface area (Å²) < 4.78 is 4.68. The van der Waals surface area contributed by atoms with Crippen LogP contribution in [0.1, 0.15) is 21.6 Å². The van der Waals surface area contributed by atoms with Crippen molar-refractivity contribution in [2.24, 2.45) is 0 Å². The molecule has 1 aromatic carbocycles. The minimum absolute atomic E-state index is 0.316. The molecule has 0 unspecified atom stereocenters. The van der Waals surface area contributed by atoms with Crippen molar-refractivity contribution in [3.63, 3.8) is 0 Å². The minimum atomic E-state index is -0.316. The second-order valence-electron chi connectivity index (χ2n) is 4.21. The highest BCUT2D eigenvalue weighted by Crippen LogP contribution is 2.23. The van der Waals surface area contributed by atoms with E-state index in [2.05, 4.69) is 9.72 Å². The predicted molar refractivity (Wildman–Crippen MR) is 70.5 cm³/mol. The molecular weight excluding hydrogens is 226 g/mol. The van der Waals surface area contributed by atoms with Crippen molar-refractivity contribution in [1.29, 1.82) is 0 Å². The van der Waals surface area contributed by atoms with E-state index in [0.29, 0.717) is 5.56 Å². The quantitative estimate of drug-likeness (QED) is 0.758. The molecule has 1 heterocycles. The SMILES string of the molecule is COC(=O)c1ccc(-c2cc(C)ncc2C)cc1. The van der Waals surface area contributed by atoms with Gasteiger partial charge in [-0.1, -0.05) is 12.1 Å². The van der Waals surface area contributed by atoms with Crippen LogP contribution in [0.4, 0.5) is 0 Å². The molecule has 0 atom stereocenters. The first kappa shape index (κ1) is 12.3. The summed E-state index contributed by atoms with van der Waals surface area (Å²) in [6, 6.07) is 9.44. The first-order chi connectivity index (χ1) is 8.61. The van der Waals surface area contributed by atoms with Crippen molar-refractivity contribution in [3.05, 3.63) is 53.3 Å². The molecular formula is C15H15NO2. The Hall–Kier alpha value is -2.16. The summed E-state index contributed by atoms with van der Waals surface area (Å²) in [4.78, 5) is 15.6. The zero-order chi connectivity index (χ0) is 13.1. The maximum absolute atomic E-state index is 11.4. The number of rotatable bonds is 2. The number of hydrogen-bond acceptors (Lipinski definition) is 3. The van der Waals surface area contributed by atoms with Gasteiger partial charge in [0.2, 0.25) is 0 Å². The van der Waals surface area contributed by atoms with Crippen LogP contribution in [0.25, 0.3) is 11.1 Å². The van der Waals surface area contributed by atoms with Crippen molar-refractivity contribution in [1.82, 2.24) is 4.98 Å². The van der Waals surface area contributed by atoms with Gasteiger partial charge in [-0.15, -0.1) is 0 Å². The zero-order valence-electron chi connectivity index (χ0n) is 10.7. The van der Waals surface area contributed by atoms with E-state index in [1.54, 1.807) is 12.1 Å². The number of benzene rings is 1. The highest BCUT2D eigenvalue weighted by Gasteiger charge is 2.07. The Bertz CT molecular complexity index is 574. The van der Waals surface area contributed by atoms with E-state index in [9.17, 15) is 4.79 Å². The second kappa shape index (κ2) is 5.00. The van der Waals surface area contributed by atoms with E-state index in [4.69, 9.17) is 0 Å². The first-order valence-electron chi connectivity index (χ1n) is 5.74. The van der Waals surface area contributed by atoms with Crippen LogP contribution in [0.15, 0.2) is 36.5 Å². The van der Waals surface area contributed by atoms with Gasteiger partial charge in [-0.2, -0.15) is 0 Å². The minimum Gasteiger partial charge on any atom is -0.465 e. The van der Waals surface area contributed by atoms with Crippen LogP contribution in [0.5, 0.6) is 0 Å². The van der Waals surface area contributed by atoms with E-state index in [1.807, 2.05) is 38.2 Å². The molecule has 0 aliphatic carbocycles. The second-order valence-corrected chi connectivity index (χ2v) is 4.21. The van der Waals surface area contributed by atoms with Crippen molar-refractivity contribution >= 4 is 5.97 Å². The highest BCUT2D eigenvalue weighted by molar-refractivity contribution is 5.90. The lowest BCUT2D eigenvalue weighted by molar-refractivity contribution is 0.0601. The molecule has 0 saturated carbocycles. The number of hydrogen-bond donors (Lipinski definition) is 0. The molecule has 1 aromatic heterocycles. The number of carbonyl (C=O) groups is 1. The van der Waals surface area contributed by atoms with Gasteiger partial charge in [0.25, 0.3) is 0 Å². The molecule has 0 aliphatic heterocycles. The fraction of sp³-hybridized carbons (Fsp3) is 0.200. The third-order valence-electron chi connectivity index (χ3n) is 2.86. The van der Waals surface area contributed by atoms with Crippen LogP contribution in [0.2, 0.25) is 0 Å². The van der Waals surface area contributed by atoms with Gasteiger partial charge < -0.3 is 4.74 Å². The van der Waals surface area contributed by atoms with Gasteiger partial charge in [-0.05, 0) is 48.7 Å². The van der Waals surface area contributed by atoms with Crippen LogP contribution >= 0.6 is 0 Å². The summed E-state index contributed by atoms with van der Waals surface area (Å²) in [6.07, 6.45) is 1.86. The van der Waals surface area contributed by atoms with E-state index in [-0.39, 0.29) is 5.97 Å². The van der Waals surface area contributed by atoms with E-state index in [1.165, 1.54) is 7.11 Å².